The number of halogens is 1. The molecule has 1 unspecified atom stereocenters. The number of hydrogen-bond donors (Lipinski definition) is 4. The minimum atomic E-state index is -1.14. The molecule has 4 N–H and O–H groups in total. The molecule has 0 aliphatic heterocycles. The summed E-state index contributed by atoms with van der Waals surface area (Å²) < 4.78 is 0. The number of thiophene rings is 1. The van der Waals surface area contributed by atoms with Gasteiger partial charge in [0.2, 0.25) is 0 Å². The van der Waals surface area contributed by atoms with Crippen molar-refractivity contribution >= 4 is 45.8 Å². The third-order valence-electron chi connectivity index (χ3n) is 5.42. The van der Waals surface area contributed by atoms with Gasteiger partial charge >= 0.3 is 5.97 Å². The fraction of sp³-hybridized carbons (Fsp3) is 0.217. The monoisotopic (exact) mass is 484 g/mol. The highest BCUT2D eigenvalue weighted by Gasteiger charge is 2.24. The van der Waals surface area contributed by atoms with E-state index in [1.54, 1.807) is 43.5 Å². The molecule has 4 rings (SSSR count). The van der Waals surface area contributed by atoms with E-state index in [-0.39, 0.29) is 17.9 Å². The molecule has 0 spiro atoms. The van der Waals surface area contributed by atoms with Crippen LogP contribution >= 0.6 is 22.9 Å². The number of aromatic nitrogens is 3. The number of fused-ring (bicyclic) bond motifs is 1. The second-order valence-electron chi connectivity index (χ2n) is 7.70. The predicted octanol–water partition coefficient (Wildman–Crippen LogP) is 3.85. The Balaban J connectivity index is 1.54. The van der Waals surface area contributed by atoms with Gasteiger partial charge in [-0.3, -0.25) is 9.59 Å². The summed E-state index contributed by atoms with van der Waals surface area (Å²) in [6.07, 6.45) is 1.82. The van der Waals surface area contributed by atoms with Crippen LogP contribution in [0.3, 0.4) is 0 Å². The van der Waals surface area contributed by atoms with Gasteiger partial charge in [0.15, 0.2) is 0 Å². The van der Waals surface area contributed by atoms with Crippen molar-refractivity contribution in [2.45, 2.75) is 32.2 Å². The Morgan fingerprint density at radius 2 is 2.00 bits per heavy atom. The summed E-state index contributed by atoms with van der Waals surface area (Å²) in [6, 6.07) is 9.27. The smallest absolute Gasteiger partial charge is 0.326 e. The van der Waals surface area contributed by atoms with Crippen LogP contribution in [0.5, 0.6) is 0 Å². The van der Waals surface area contributed by atoms with Crippen molar-refractivity contribution in [3.8, 4) is 0 Å². The molecule has 1 amide bonds. The van der Waals surface area contributed by atoms with Crippen molar-refractivity contribution in [1.29, 1.82) is 0 Å². The van der Waals surface area contributed by atoms with Gasteiger partial charge in [-0.25, -0.2) is 9.78 Å². The Morgan fingerprint density at radius 1 is 1.24 bits per heavy atom. The number of nitrogens with one attached hydrogen (secondary N) is 3. The zero-order chi connectivity index (χ0) is 23.7. The largest absolute Gasteiger partial charge is 0.480 e. The maximum atomic E-state index is 12.8. The number of H-pyrrole nitrogens is 2. The van der Waals surface area contributed by atoms with Gasteiger partial charge in [-0.05, 0) is 36.2 Å². The van der Waals surface area contributed by atoms with Crippen molar-refractivity contribution in [3.63, 3.8) is 0 Å². The van der Waals surface area contributed by atoms with E-state index in [1.807, 2.05) is 13.0 Å². The van der Waals surface area contributed by atoms with Crippen molar-refractivity contribution < 1.29 is 14.7 Å². The molecule has 0 saturated carbocycles. The van der Waals surface area contributed by atoms with Gasteiger partial charge in [0.1, 0.15) is 17.5 Å². The highest BCUT2D eigenvalue weighted by molar-refractivity contribution is 7.14. The lowest BCUT2D eigenvalue weighted by atomic mass is 10.0. The second kappa shape index (κ2) is 9.21. The molecule has 3 heterocycles. The van der Waals surface area contributed by atoms with Gasteiger partial charge in [0.25, 0.3) is 11.5 Å². The van der Waals surface area contributed by atoms with E-state index in [0.29, 0.717) is 32.3 Å². The van der Waals surface area contributed by atoms with Gasteiger partial charge in [0.05, 0.1) is 10.3 Å². The number of hydrogen-bond acceptors (Lipinski definition) is 5. The molecular formula is C23H21ClN4O4S. The molecule has 0 radical (unpaired) electrons. The molecular weight excluding hydrogens is 464 g/mol. The molecule has 0 aliphatic rings. The summed E-state index contributed by atoms with van der Waals surface area (Å²) in [5.41, 5.74) is 1.70. The van der Waals surface area contributed by atoms with E-state index < -0.39 is 17.9 Å². The summed E-state index contributed by atoms with van der Waals surface area (Å²) in [5.74, 6) is -1.27. The van der Waals surface area contributed by atoms with Crippen LogP contribution in [-0.4, -0.2) is 38.0 Å². The van der Waals surface area contributed by atoms with Crippen molar-refractivity contribution in [1.82, 2.24) is 20.3 Å². The lowest BCUT2D eigenvalue weighted by Gasteiger charge is -2.15. The fourth-order valence-electron chi connectivity index (χ4n) is 3.69. The maximum Gasteiger partial charge on any atom is 0.326 e. The van der Waals surface area contributed by atoms with Crippen LogP contribution in [0.4, 0.5) is 0 Å². The normalized spacial score (nSPS) is 13.1. The van der Waals surface area contributed by atoms with E-state index in [9.17, 15) is 19.5 Å². The molecule has 0 bridgehead atoms. The van der Waals surface area contributed by atoms with E-state index >= 15 is 0 Å². The van der Waals surface area contributed by atoms with Gasteiger partial charge < -0.3 is 20.4 Å². The maximum absolute atomic E-state index is 12.8. The lowest BCUT2D eigenvalue weighted by molar-refractivity contribution is -0.139. The average molecular weight is 485 g/mol. The molecule has 0 fully saturated rings. The molecule has 170 valence electrons. The number of aromatic amines is 2. The Labute approximate surface area is 197 Å². The summed E-state index contributed by atoms with van der Waals surface area (Å²) in [4.78, 5) is 48.3. The third-order valence-corrected chi connectivity index (χ3v) is 7.06. The van der Waals surface area contributed by atoms with Crippen LogP contribution in [0.25, 0.3) is 11.0 Å². The first-order chi connectivity index (χ1) is 15.7. The van der Waals surface area contributed by atoms with Crippen molar-refractivity contribution in [3.05, 3.63) is 84.7 Å². The molecule has 0 saturated heterocycles. The minimum Gasteiger partial charge on any atom is -0.480 e. The van der Waals surface area contributed by atoms with E-state index in [0.717, 1.165) is 10.4 Å². The first kappa shape index (κ1) is 22.8. The number of aryl methyl sites for hydroxylation is 1. The zero-order valence-electron chi connectivity index (χ0n) is 17.8. The van der Waals surface area contributed by atoms with E-state index in [1.165, 1.54) is 11.3 Å². The second-order valence-corrected chi connectivity index (χ2v) is 9.23. The first-order valence-corrected chi connectivity index (χ1v) is 11.4. The standard InChI is InChI=1S/C23H21ClN4O4S/c1-11(14-10-25-20-19(14)22(30)27-12(2)26-20)17-7-8-18(33-17)21(29)28-16(23(31)32)9-13-5-3-4-6-15(13)24/h3-8,10-11,16H,9H2,1-2H3,(H,28,29)(H,31,32)(H2,25,26,27,30)/t11?,16-/m0/s1. The number of aliphatic carboxylic acids is 1. The summed E-state index contributed by atoms with van der Waals surface area (Å²) in [7, 11) is 0. The number of benzene rings is 1. The Kier molecular flexibility index (Phi) is 6.35. The number of carboxylic acid groups (broad SMARTS) is 1. The topological polar surface area (TPSA) is 128 Å². The third kappa shape index (κ3) is 4.69. The lowest BCUT2D eigenvalue weighted by Crippen LogP contribution is -2.42. The highest BCUT2D eigenvalue weighted by Crippen LogP contribution is 2.32. The molecule has 10 heteroatoms. The number of rotatable bonds is 7. The predicted molar refractivity (Wildman–Crippen MR) is 127 cm³/mol. The molecule has 33 heavy (non-hydrogen) atoms. The number of amides is 1. The van der Waals surface area contributed by atoms with E-state index in [2.05, 4.69) is 20.3 Å². The van der Waals surface area contributed by atoms with Gasteiger partial charge in [-0.1, -0.05) is 36.7 Å². The number of carbonyl (C=O) groups excluding carboxylic acids is 1. The Morgan fingerprint density at radius 3 is 2.73 bits per heavy atom. The van der Waals surface area contributed by atoms with Gasteiger partial charge in [0, 0.05) is 28.4 Å². The molecule has 4 aromatic rings. The molecule has 8 nitrogen and oxygen atoms in total. The van der Waals surface area contributed by atoms with E-state index in [4.69, 9.17) is 11.6 Å². The molecule has 0 aliphatic carbocycles. The molecule has 1 aromatic carbocycles. The fourth-order valence-corrected chi connectivity index (χ4v) is 4.89. The summed E-state index contributed by atoms with van der Waals surface area (Å²) in [6.45, 7) is 3.65. The highest BCUT2D eigenvalue weighted by atomic mass is 35.5. The SMILES string of the molecule is Cc1nc2[nH]cc(C(C)c3ccc(C(=O)N[C@@H](Cc4ccccc4Cl)C(=O)O)s3)c2c(=O)[nH]1. The van der Waals surface area contributed by atoms with Gasteiger partial charge in [-0.15, -0.1) is 11.3 Å². The summed E-state index contributed by atoms with van der Waals surface area (Å²) in [5, 5.41) is 13.1. The van der Waals surface area contributed by atoms with Crippen LogP contribution in [0.15, 0.2) is 47.4 Å². The molecule has 3 aromatic heterocycles. The first-order valence-electron chi connectivity index (χ1n) is 10.2. The van der Waals surface area contributed by atoms with Crippen molar-refractivity contribution in [2.75, 3.05) is 0 Å². The average Bonchev–Trinajstić information content (AvgIpc) is 3.42. The number of carbonyl (C=O) groups is 2. The number of carboxylic acids is 1. The van der Waals surface area contributed by atoms with Crippen LogP contribution in [-0.2, 0) is 11.2 Å². The minimum absolute atomic E-state index is 0.0694. The van der Waals surface area contributed by atoms with Crippen LogP contribution in [0, 0.1) is 6.92 Å². The number of nitrogens with zero attached hydrogens (tertiary/aromatic N) is 1. The Hall–Kier alpha value is -3.43. The van der Waals surface area contributed by atoms with Crippen molar-refractivity contribution in [2.24, 2.45) is 0 Å². The van der Waals surface area contributed by atoms with Crippen LogP contribution in [0.2, 0.25) is 5.02 Å². The zero-order valence-corrected chi connectivity index (χ0v) is 19.4. The van der Waals surface area contributed by atoms with Crippen LogP contribution < -0.4 is 10.9 Å². The van der Waals surface area contributed by atoms with Gasteiger partial charge in [-0.2, -0.15) is 0 Å². The Bertz CT molecular complexity index is 1410. The quantitative estimate of drug-likeness (QED) is 0.317. The van der Waals surface area contributed by atoms with Crippen LogP contribution in [0.1, 0.15) is 44.3 Å². The summed E-state index contributed by atoms with van der Waals surface area (Å²) >= 11 is 7.39. The molecule has 2 atom stereocenters.